The maximum Gasteiger partial charge on any atom is 0.312 e. The summed E-state index contributed by atoms with van der Waals surface area (Å²) in [6.07, 6.45) is 4.67. The zero-order valence-electron chi connectivity index (χ0n) is 12.4. The lowest BCUT2D eigenvalue weighted by Crippen LogP contribution is -2.19. The molecule has 0 aliphatic heterocycles. The van der Waals surface area contributed by atoms with E-state index in [1.165, 1.54) is 17.4 Å². The van der Waals surface area contributed by atoms with Crippen LogP contribution in [0.2, 0.25) is 5.02 Å². The van der Waals surface area contributed by atoms with Crippen molar-refractivity contribution >= 4 is 45.7 Å². The van der Waals surface area contributed by atoms with E-state index in [1.54, 1.807) is 10.6 Å². The van der Waals surface area contributed by atoms with Crippen LogP contribution in [-0.4, -0.2) is 31.5 Å². The third-order valence-corrected chi connectivity index (χ3v) is 4.15. The second kappa shape index (κ2) is 6.87. The summed E-state index contributed by atoms with van der Waals surface area (Å²) >= 11 is 7.22. The molecule has 128 valence electrons. The molecule has 11 heteroatoms. The van der Waals surface area contributed by atoms with Gasteiger partial charge in [0.15, 0.2) is 4.96 Å². The van der Waals surface area contributed by atoms with E-state index in [2.05, 4.69) is 15.5 Å². The van der Waals surface area contributed by atoms with Crippen molar-refractivity contribution in [3.63, 3.8) is 0 Å². The number of thiazole rings is 1. The van der Waals surface area contributed by atoms with Crippen molar-refractivity contribution in [1.82, 2.24) is 14.8 Å². The van der Waals surface area contributed by atoms with Gasteiger partial charge in [-0.2, -0.15) is 5.10 Å². The molecule has 2 heterocycles. The molecule has 0 saturated heterocycles. The van der Waals surface area contributed by atoms with Crippen LogP contribution in [0.5, 0.6) is 5.75 Å². The van der Waals surface area contributed by atoms with E-state index in [0.29, 0.717) is 5.69 Å². The Balaban J connectivity index is 1.67. The highest BCUT2D eigenvalue weighted by molar-refractivity contribution is 7.15. The Morgan fingerprint density at radius 1 is 1.56 bits per heavy atom. The first-order valence-corrected chi connectivity index (χ1v) is 8.09. The molecule has 0 bridgehead atoms. The normalized spacial score (nSPS) is 11.2. The van der Waals surface area contributed by atoms with Gasteiger partial charge in [0.05, 0.1) is 23.3 Å². The molecule has 3 rings (SSSR count). The van der Waals surface area contributed by atoms with Crippen LogP contribution in [-0.2, 0) is 11.2 Å². The molecular weight excluding hydrogens is 370 g/mol. The van der Waals surface area contributed by atoms with Gasteiger partial charge in [0, 0.05) is 34.4 Å². The Kier molecular flexibility index (Phi) is 4.63. The molecule has 0 atom stereocenters. The second-order valence-electron chi connectivity index (χ2n) is 4.91. The maximum absolute atomic E-state index is 11.9. The highest BCUT2D eigenvalue weighted by Gasteiger charge is 2.17. The molecule has 2 N–H and O–H groups in total. The average Bonchev–Trinajstić information content (AvgIpc) is 3.11. The van der Waals surface area contributed by atoms with E-state index < -0.39 is 22.3 Å². The minimum absolute atomic E-state index is 0.0157. The van der Waals surface area contributed by atoms with Crippen LogP contribution >= 0.6 is 22.9 Å². The molecule has 0 radical (unpaired) electrons. The Morgan fingerprint density at radius 2 is 2.36 bits per heavy atom. The van der Waals surface area contributed by atoms with E-state index in [1.807, 2.05) is 11.6 Å². The number of nitro benzene ring substituents is 1. The summed E-state index contributed by atoms with van der Waals surface area (Å²) in [7, 11) is 0. The molecule has 0 fully saturated rings. The number of benzene rings is 1. The average molecular weight is 380 g/mol. The van der Waals surface area contributed by atoms with Crippen molar-refractivity contribution < 1.29 is 14.8 Å². The van der Waals surface area contributed by atoms with Gasteiger partial charge in [0.2, 0.25) is 11.7 Å². The largest absolute Gasteiger partial charge is 0.502 e. The molecule has 3 aromatic rings. The number of carbonyl (C=O) groups excluding carboxylic acids is 1. The number of aromatic hydroxyl groups is 1. The number of aromatic nitrogens is 2. The first-order valence-electron chi connectivity index (χ1n) is 6.84. The predicted molar refractivity (Wildman–Crippen MR) is 92.3 cm³/mol. The minimum Gasteiger partial charge on any atom is -0.502 e. The van der Waals surface area contributed by atoms with Crippen molar-refractivity contribution in [3.8, 4) is 5.75 Å². The third kappa shape index (κ3) is 3.75. The summed E-state index contributed by atoms with van der Waals surface area (Å²) in [4.78, 5) is 27.0. The van der Waals surface area contributed by atoms with Gasteiger partial charge in [0.25, 0.3) is 0 Å². The Morgan fingerprint density at radius 3 is 3.08 bits per heavy atom. The zero-order valence-corrected chi connectivity index (χ0v) is 14.0. The van der Waals surface area contributed by atoms with E-state index in [0.717, 1.165) is 17.2 Å². The van der Waals surface area contributed by atoms with E-state index >= 15 is 0 Å². The number of phenolic OH excluding ortho intramolecular Hbond substituents is 1. The lowest BCUT2D eigenvalue weighted by Gasteiger charge is -2.02. The molecule has 25 heavy (non-hydrogen) atoms. The fraction of sp³-hybridized carbons (Fsp3) is 0.0714. The monoisotopic (exact) mass is 379 g/mol. The smallest absolute Gasteiger partial charge is 0.312 e. The number of nitro groups is 1. The van der Waals surface area contributed by atoms with Crippen LogP contribution in [0, 0.1) is 10.1 Å². The molecule has 0 aliphatic carbocycles. The van der Waals surface area contributed by atoms with Crippen molar-refractivity contribution in [1.29, 1.82) is 0 Å². The SMILES string of the molecule is O=C(Cc1cn2ccsc2n1)NN=Cc1cc(Cl)cc([N+](=O)[O-])c1O. The summed E-state index contributed by atoms with van der Waals surface area (Å²) in [5.41, 5.74) is 2.33. The lowest BCUT2D eigenvalue weighted by atomic mass is 10.2. The first-order chi connectivity index (χ1) is 11.9. The van der Waals surface area contributed by atoms with Gasteiger partial charge in [-0.05, 0) is 6.07 Å². The van der Waals surface area contributed by atoms with Crippen molar-refractivity contribution in [2.45, 2.75) is 6.42 Å². The molecule has 2 aromatic heterocycles. The fourth-order valence-electron chi connectivity index (χ4n) is 2.08. The minimum atomic E-state index is -0.762. The van der Waals surface area contributed by atoms with Crippen molar-refractivity contribution in [2.75, 3.05) is 0 Å². The highest BCUT2D eigenvalue weighted by Crippen LogP contribution is 2.32. The van der Waals surface area contributed by atoms with Crippen molar-refractivity contribution in [2.24, 2.45) is 5.10 Å². The predicted octanol–water partition coefficient (Wildman–Crippen LogP) is 2.36. The van der Waals surface area contributed by atoms with Gasteiger partial charge < -0.3 is 5.11 Å². The summed E-state index contributed by atoms with van der Waals surface area (Å²) < 4.78 is 1.81. The number of rotatable bonds is 5. The number of halogens is 1. The van der Waals surface area contributed by atoms with Crippen LogP contribution < -0.4 is 5.43 Å². The summed E-state index contributed by atoms with van der Waals surface area (Å²) in [6, 6.07) is 2.32. The van der Waals surface area contributed by atoms with Crippen LogP contribution in [0.25, 0.3) is 4.96 Å². The lowest BCUT2D eigenvalue weighted by molar-refractivity contribution is -0.385. The maximum atomic E-state index is 11.9. The summed E-state index contributed by atoms with van der Waals surface area (Å²) in [5.74, 6) is -1.00. The fourth-order valence-corrected chi connectivity index (χ4v) is 3.02. The number of hydrazone groups is 1. The molecule has 0 unspecified atom stereocenters. The molecule has 0 saturated carbocycles. The first kappa shape index (κ1) is 16.9. The van der Waals surface area contributed by atoms with Gasteiger partial charge in [-0.25, -0.2) is 10.4 Å². The van der Waals surface area contributed by atoms with Crippen LogP contribution in [0.1, 0.15) is 11.3 Å². The van der Waals surface area contributed by atoms with Gasteiger partial charge in [-0.3, -0.25) is 19.3 Å². The number of carbonyl (C=O) groups is 1. The van der Waals surface area contributed by atoms with Crippen molar-refractivity contribution in [3.05, 3.63) is 56.3 Å². The van der Waals surface area contributed by atoms with E-state index in [4.69, 9.17) is 11.6 Å². The molecule has 0 aliphatic rings. The summed E-state index contributed by atoms with van der Waals surface area (Å²) in [6.45, 7) is 0. The number of imidazole rings is 1. The van der Waals surface area contributed by atoms with Crippen LogP contribution in [0.4, 0.5) is 5.69 Å². The van der Waals surface area contributed by atoms with E-state index in [9.17, 15) is 20.0 Å². The Hall–Kier alpha value is -2.98. The van der Waals surface area contributed by atoms with Gasteiger partial charge >= 0.3 is 5.69 Å². The second-order valence-corrected chi connectivity index (χ2v) is 6.22. The standard InChI is InChI=1S/C14H10ClN5O4S/c15-9-3-8(13(22)11(4-9)20(23)24)6-16-18-12(21)5-10-7-19-1-2-25-14(19)17-10/h1-4,6-7,22H,5H2,(H,18,21). The van der Waals surface area contributed by atoms with Gasteiger partial charge in [-0.15, -0.1) is 11.3 Å². The number of phenols is 1. The summed E-state index contributed by atoms with van der Waals surface area (Å²) in [5, 5.41) is 26.3. The Bertz CT molecular complexity index is 968. The number of hydrogen-bond donors (Lipinski definition) is 2. The number of hydrogen-bond acceptors (Lipinski definition) is 7. The Labute approximate surface area is 149 Å². The number of nitrogens with zero attached hydrogens (tertiary/aromatic N) is 4. The number of fused-ring (bicyclic) bond motifs is 1. The van der Waals surface area contributed by atoms with E-state index in [-0.39, 0.29) is 17.0 Å². The number of nitrogens with one attached hydrogen (secondary N) is 1. The molecule has 1 aromatic carbocycles. The van der Waals surface area contributed by atoms with Gasteiger partial charge in [-0.1, -0.05) is 11.6 Å². The molecule has 1 amide bonds. The topological polar surface area (TPSA) is 122 Å². The molecular formula is C14H10ClN5O4S. The molecule has 9 nitrogen and oxygen atoms in total. The quantitative estimate of drug-likeness (QED) is 0.400. The highest BCUT2D eigenvalue weighted by atomic mass is 35.5. The number of amides is 1. The third-order valence-electron chi connectivity index (χ3n) is 3.16. The van der Waals surface area contributed by atoms with Crippen LogP contribution in [0.15, 0.2) is 35.0 Å². The van der Waals surface area contributed by atoms with Crippen LogP contribution in [0.3, 0.4) is 0 Å². The van der Waals surface area contributed by atoms with Gasteiger partial charge in [0.1, 0.15) is 0 Å². The molecule has 0 spiro atoms. The zero-order chi connectivity index (χ0) is 18.0.